The number of nitrogens with zero attached hydrogens (tertiary/aromatic N) is 2. The van der Waals surface area contributed by atoms with Crippen LogP contribution in [0.15, 0.2) is 22.7 Å². The highest BCUT2D eigenvalue weighted by atomic mass is 79.9. The number of likely N-dealkylation sites (tertiary alicyclic amines) is 2. The van der Waals surface area contributed by atoms with E-state index in [9.17, 15) is 4.79 Å². The number of piperazine rings is 1. The van der Waals surface area contributed by atoms with Gasteiger partial charge >= 0.3 is 0 Å². The Bertz CT molecular complexity index is 518. The molecular formula is C14H17BrN2O2. The third kappa shape index (κ3) is 2.15. The number of hydrogen-bond acceptors (Lipinski definition) is 3. The summed E-state index contributed by atoms with van der Waals surface area (Å²) < 4.78 is 6.24. The number of rotatable bonds is 2. The first kappa shape index (κ1) is 12.9. The molecule has 2 heterocycles. The number of halogens is 1. The predicted octanol–water partition coefficient (Wildman–Crippen LogP) is 1.99. The summed E-state index contributed by atoms with van der Waals surface area (Å²) in [5, 5.41) is 0. The van der Waals surface area contributed by atoms with Gasteiger partial charge in [-0.05, 0) is 31.7 Å². The SMILES string of the molecule is COc1cc(Br)ccc1C(=O)N1C[C@@H]2C[C@H]1CN2C. The minimum atomic E-state index is 0.0879. The van der Waals surface area contributed by atoms with Crippen LogP contribution in [0.4, 0.5) is 0 Å². The van der Waals surface area contributed by atoms with E-state index in [0.717, 1.165) is 24.0 Å². The molecule has 1 aromatic carbocycles. The molecule has 2 fully saturated rings. The van der Waals surface area contributed by atoms with Crippen molar-refractivity contribution >= 4 is 21.8 Å². The minimum Gasteiger partial charge on any atom is -0.496 e. The highest BCUT2D eigenvalue weighted by Gasteiger charge is 2.44. The summed E-state index contributed by atoms with van der Waals surface area (Å²) in [6.07, 6.45) is 1.10. The average Bonchev–Trinajstić information content (AvgIpc) is 2.96. The van der Waals surface area contributed by atoms with Crippen molar-refractivity contribution in [2.45, 2.75) is 18.5 Å². The van der Waals surface area contributed by atoms with Gasteiger partial charge in [0.05, 0.1) is 12.7 Å². The molecule has 2 saturated heterocycles. The maximum atomic E-state index is 12.6. The molecule has 1 amide bonds. The van der Waals surface area contributed by atoms with E-state index in [1.165, 1.54) is 0 Å². The number of benzene rings is 1. The smallest absolute Gasteiger partial charge is 0.257 e. The Labute approximate surface area is 121 Å². The Morgan fingerprint density at radius 2 is 2.16 bits per heavy atom. The standard InChI is InChI=1S/C14H17BrN2O2/c1-16-7-11-6-10(16)8-17(11)14(18)12-4-3-9(15)5-13(12)19-2/h3-5,10-11H,6-8H2,1-2H3/t10-,11-/m0/s1. The van der Waals surface area contributed by atoms with Gasteiger partial charge in [-0.25, -0.2) is 0 Å². The Balaban J connectivity index is 1.85. The fraction of sp³-hybridized carbons (Fsp3) is 0.500. The highest BCUT2D eigenvalue weighted by Crippen LogP contribution is 2.32. The number of fused-ring (bicyclic) bond motifs is 2. The number of methoxy groups -OCH3 is 1. The first-order valence-corrected chi connectivity index (χ1v) is 7.24. The van der Waals surface area contributed by atoms with Gasteiger partial charge in [0.25, 0.3) is 5.91 Å². The summed E-state index contributed by atoms with van der Waals surface area (Å²) in [7, 11) is 3.73. The van der Waals surface area contributed by atoms with Crippen molar-refractivity contribution < 1.29 is 9.53 Å². The second-order valence-electron chi connectivity index (χ2n) is 5.29. The lowest BCUT2D eigenvalue weighted by Crippen LogP contribution is -2.47. The van der Waals surface area contributed by atoms with Crippen molar-refractivity contribution in [3.8, 4) is 5.75 Å². The molecule has 19 heavy (non-hydrogen) atoms. The number of hydrogen-bond donors (Lipinski definition) is 0. The summed E-state index contributed by atoms with van der Waals surface area (Å²) in [5.41, 5.74) is 0.654. The van der Waals surface area contributed by atoms with Crippen LogP contribution in [0.1, 0.15) is 16.8 Å². The fourth-order valence-corrected chi connectivity index (χ4v) is 3.45. The van der Waals surface area contributed by atoms with E-state index in [1.54, 1.807) is 7.11 Å². The first-order chi connectivity index (χ1) is 9.10. The second kappa shape index (κ2) is 4.80. The summed E-state index contributed by atoms with van der Waals surface area (Å²) >= 11 is 3.40. The van der Waals surface area contributed by atoms with E-state index in [-0.39, 0.29) is 5.91 Å². The summed E-state index contributed by atoms with van der Waals surface area (Å²) in [5.74, 6) is 0.723. The number of carbonyl (C=O) groups excluding carboxylic acids is 1. The van der Waals surface area contributed by atoms with Crippen molar-refractivity contribution in [2.75, 3.05) is 27.2 Å². The topological polar surface area (TPSA) is 32.8 Å². The number of ether oxygens (including phenoxy) is 1. The molecule has 2 aliphatic rings. The third-order valence-electron chi connectivity index (χ3n) is 4.17. The molecular weight excluding hydrogens is 308 g/mol. The molecule has 2 aliphatic heterocycles. The largest absolute Gasteiger partial charge is 0.496 e. The minimum absolute atomic E-state index is 0.0879. The molecule has 0 saturated carbocycles. The summed E-state index contributed by atoms with van der Waals surface area (Å²) in [6, 6.07) is 6.44. The van der Waals surface area contributed by atoms with Crippen LogP contribution in [-0.4, -0.2) is 55.0 Å². The van der Waals surface area contributed by atoms with E-state index in [2.05, 4.69) is 27.9 Å². The maximum Gasteiger partial charge on any atom is 0.257 e. The summed E-state index contributed by atoms with van der Waals surface area (Å²) in [6.45, 7) is 1.81. The second-order valence-corrected chi connectivity index (χ2v) is 6.20. The molecule has 0 aliphatic carbocycles. The predicted molar refractivity (Wildman–Crippen MR) is 76.6 cm³/mol. The molecule has 0 unspecified atom stereocenters. The van der Waals surface area contributed by atoms with Crippen LogP contribution in [0.2, 0.25) is 0 Å². The van der Waals surface area contributed by atoms with Crippen LogP contribution < -0.4 is 4.74 Å². The van der Waals surface area contributed by atoms with Gasteiger partial charge in [-0.2, -0.15) is 0 Å². The van der Waals surface area contributed by atoms with Gasteiger partial charge in [0.15, 0.2) is 0 Å². The van der Waals surface area contributed by atoms with Crippen LogP contribution in [0.3, 0.4) is 0 Å². The monoisotopic (exact) mass is 324 g/mol. The van der Waals surface area contributed by atoms with E-state index in [1.807, 2.05) is 23.1 Å². The zero-order valence-corrected chi connectivity index (χ0v) is 12.7. The highest BCUT2D eigenvalue weighted by molar-refractivity contribution is 9.10. The van der Waals surface area contributed by atoms with Gasteiger partial charge in [-0.15, -0.1) is 0 Å². The average molecular weight is 325 g/mol. The van der Waals surface area contributed by atoms with Crippen molar-refractivity contribution in [2.24, 2.45) is 0 Å². The molecule has 4 nitrogen and oxygen atoms in total. The van der Waals surface area contributed by atoms with E-state index < -0.39 is 0 Å². The molecule has 0 spiro atoms. The van der Waals surface area contributed by atoms with Crippen LogP contribution in [-0.2, 0) is 0 Å². The normalized spacial score (nSPS) is 25.9. The Hall–Kier alpha value is -1.07. The molecule has 2 atom stereocenters. The third-order valence-corrected chi connectivity index (χ3v) is 4.66. The van der Waals surface area contributed by atoms with Crippen molar-refractivity contribution in [3.63, 3.8) is 0 Å². The van der Waals surface area contributed by atoms with Crippen molar-refractivity contribution in [3.05, 3.63) is 28.2 Å². The van der Waals surface area contributed by atoms with Gasteiger partial charge in [0.2, 0.25) is 0 Å². The lowest BCUT2D eigenvalue weighted by Gasteiger charge is -2.32. The lowest BCUT2D eigenvalue weighted by molar-refractivity contribution is 0.0647. The van der Waals surface area contributed by atoms with Crippen molar-refractivity contribution in [1.29, 1.82) is 0 Å². The summed E-state index contributed by atoms with van der Waals surface area (Å²) in [4.78, 5) is 17.0. The molecule has 102 valence electrons. The zero-order chi connectivity index (χ0) is 13.6. The Kier molecular flexibility index (Phi) is 3.27. The molecule has 5 heteroatoms. The number of carbonyl (C=O) groups is 1. The van der Waals surface area contributed by atoms with Crippen molar-refractivity contribution in [1.82, 2.24) is 9.80 Å². The molecule has 2 bridgehead atoms. The number of likely N-dealkylation sites (N-methyl/N-ethyl adjacent to an activating group) is 1. The number of amides is 1. The molecule has 0 radical (unpaired) electrons. The molecule has 1 aromatic rings. The first-order valence-electron chi connectivity index (χ1n) is 6.45. The van der Waals surface area contributed by atoms with Gasteiger partial charge in [0.1, 0.15) is 5.75 Å². The van der Waals surface area contributed by atoms with Crippen LogP contribution in [0.25, 0.3) is 0 Å². The zero-order valence-electron chi connectivity index (χ0n) is 11.1. The Morgan fingerprint density at radius 3 is 2.74 bits per heavy atom. The van der Waals surface area contributed by atoms with Gasteiger partial charge in [0, 0.05) is 29.6 Å². The Morgan fingerprint density at radius 1 is 1.37 bits per heavy atom. The van der Waals surface area contributed by atoms with Gasteiger partial charge in [-0.3, -0.25) is 9.69 Å². The van der Waals surface area contributed by atoms with E-state index in [4.69, 9.17) is 4.74 Å². The lowest BCUT2D eigenvalue weighted by atomic mass is 10.1. The van der Waals surface area contributed by atoms with E-state index in [0.29, 0.717) is 23.4 Å². The van der Waals surface area contributed by atoms with Gasteiger partial charge in [-0.1, -0.05) is 15.9 Å². The molecule has 3 rings (SSSR count). The quantitative estimate of drug-likeness (QED) is 0.834. The van der Waals surface area contributed by atoms with Gasteiger partial charge < -0.3 is 9.64 Å². The van der Waals surface area contributed by atoms with Crippen LogP contribution >= 0.6 is 15.9 Å². The van der Waals surface area contributed by atoms with Crippen LogP contribution in [0.5, 0.6) is 5.75 Å². The van der Waals surface area contributed by atoms with Crippen LogP contribution in [0, 0.1) is 0 Å². The van der Waals surface area contributed by atoms with E-state index >= 15 is 0 Å². The molecule has 0 aromatic heterocycles. The molecule has 0 N–H and O–H groups in total. The fourth-order valence-electron chi connectivity index (χ4n) is 3.11. The maximum absolute atomic E-state index is 12.6.